The molecule has 0 bridgehead atoms. The molecule has 0 amide bonds. The van der Waals surface area contributed by atoms with Gasteiger partial charge in [0.15, 0.2) is 0 Å². The highest BCUT2D eigenvalue weighted by atomic mass is 16.4. The Morgan fingerprint density at radius 2 is 1.45 bits per heavy atom. The summed E-state index contributed by atoms with van der Waals surface area (Å²) in [5, 5.41) is 9.36. The lowest BCUT2D eigenvalue weighted by atomic mass is 9.94. The van der Waals surface area contributed by atoms with Crippen molar-refractivity contribution in [1.82, 2.24) is 4.57 Å². The van der Waals surface area contributed by atoms with Crippen LogP contribution in [-0.2, 0) is 17.8 Å². The number of rotatable bonds is 10. The predicted molar refractivity (Wildman–Crippen MR) is 120 cm³/mol. The maximum atomic E-state index is 11.4. The van der Waals surface area contributed by atoms with E-state index in [0.29, 0.717) is 6.42 Å². The Hall–Kier alpha value is -2.81. The van der Waals surface area contributed by atoms with E-state index in [-0.39, 0.29) is 6.42 Å². The second-order valence-corrected chi connectivity index (χ2v) is 7.62. The molecule has 0 aliphatic rings. The summed E-state index contributed by atoms with van der Waals surface area (Å²) in [5.41, 5.74) is 7.13. The molecular weight excluding hydrogens is 358 g/mol. The molecule has 0 aliphatic heterocycles. The molecule has 0 unspecified atom stereocenters. The van der Waals surface area contributed by atoms with Gasteiger partial charge in [-0.25, -0.2) is 0 Å². The maximum Gasteiger partial charge on any atom is 0.303 e. The van der Waals surface area contributed by atoms with Crippen LogP contribution in [0.4, 0.5) is 0 Å². The van der Waals surface area contributed by atoms with Crippen LogP contribution in [0.25, 0.3) is 22.3 Å². The van der Waals surface area contributed by atoms with E-state index in [0.717, 1.165) is 24.2 Å². The zero-order chi connectivity index (χ0) is 20.6. The lowest BCUT2D eigenvalue weighted by Gasteiger charge is -2.13. The molecule has 0 saturated carbocycles. The van der Waals surface area contributed by atoms with E-state index in [1.165, 1.54) is 41.6 Å². The molecule has 2 aromatic carbocycles. The number of carboxylic acids is 1. The Balaban J connectivity index is 2.16. The number of hydrogen-bond acceptors (Lipinski definition) is 1. The summed E-state index contributed by atoms with van der Waals surface area (Å²) in [6.07, 6.45) is 5.45. The average molecular weight is 390 g/mol. The van der Waals surface area contributed by atoms with Gasteiger partial charge >= 0.3 is 5.97 Å². The van der Waals surface area contributed by atoms with Crippen molar-refractivity contribution in [3.8, 4) is 22.3 Å². The van der Waals surface area contributed by atoms with Crippen LogP contribution in [0.1, 0.15) is 50.4 Å². The van der Waals surface area contributed by atoms with Crippen molar-refractivity contribution in [1.29, 1.82) is 0 Å². The Kier molecular flexibility index (Phi) is 7.29. The fourth-order valence-electron chi connectivity index (χ4n) is 4.16. The van der Waals surface area contributed by atoms with Gasteiger partial charge in [0.2, 0.25) is 0 Å². The molecule has 0 radical (unpaired) electrons. The first-order chi connectivity index (χ1) is 14.1. The number of aliphatic carboxylic acids is 1. The molecule has 0 fully saturated rings. The zero-order valence-electron chi connectivity index (χ0n) is 17.5. The van der Waals surface area contributed by atoms with Crippen LogP contribution >= 0.6 is 0 Å². The molecule has 1 aromatic heterocycles. The van der Waals surface area contributed by atoms with E-state index in [9.17, 15) is 9.90 Å². The summed E-state index contributed by atoms with van der Waals surface area (Å²) in [7, 11) is 0. The number of carboxylic acid groups (broad SMARTS) is 1. The van der Waals surface area contributed by atoms with Crippen LogP contribution in [0.3, 0.4) is 0 Å². The summed E-state index contributed by atoms with van der Waals surface area (Å²) in [5.74, 6) is -0.748. The Morgan fingerprint density at radius 1 is 0.862 bits per heavy atom. The van der Waals surface area contributed by atoms with Gasteiger partial charge in [0.1, 0.15) is 0 Å². The predicted octanol–water partition coefficient (Wildman–Crippen LogP) is 6.73. The Labute approximate surface area is 174 Å². The third kappa shape index (κ3) is 4.97. The van der Waals surface area contributed by atoms with Crippen LogP contribution < -0.4 is 0 Å². The van der Waals surface area contributed by atoms with Gasteiger partial charge in [0, 0.05) is 29.1 Å². The number of hydrogen-bond donors (Lipinski definition) is 1. The fraction of sp³-hybridized carbons (Fsp3) is 0.346. The molecule has 29 heavy (non-hydrogen) atoms. The quantitative estimate of drug-likeness (QED) is 0.391. The zero-order valence-corrected chi connectivity index (χ0v) is 17.5. The molecule has 0 atom stereocenters. The molecule has 3 rings (SSSR count). The summed E-state index contributed by atoms with van der Waals surface area (Å²) >= 11 is 0. The van der Waals surface area contributed by atoms with Gasteiger partial charge in [-0.15, -0.1) is 0 Å². The number of unbranched alkanes of at least 4 members (excludes halogenated alkanes) is 3. The number of nitrogens with zero attached hydrogens (tertiary/aromatic N) is 1. The summed E-state index contributed by atoms with van der Waals surface area (Å²) in [4.78, 5) is 11.4. The molecule has 0 spiro atoms. The lowest BCUT2D eigenvalue weighted by molar-refractivity contribution is -0.136. The van der Waals surface area contributed by atoms with Crippen molar-refractivity contribution in [2.24, 2.45) is 0 Å². The Bertz CT molecular complexity index is 926. The van der Waals surface area contributed by atoms with E-state index in [4.69, 9.17) is 0 Å². The van der Waals surface area contributed by atoms with Crippen molar-refractivity contribution in [2.45, 2.75) is 58.9 Å². The van der Waals surface area contributed by atoms with Crippen molar-refractivity contribution in [3.63, 3.8) is 0 Å². The van der Waals surface area contributed by atoms with Gasteiger partial charge in [0.05, 0.1) is 6.42 Å². The first-order valence-electron chi connectivity index (χ1n) is 10.7. The van der Waals surface area contributed by atoms with E-state index in [1.54, 1.807) is 0 Å². The van der Waals surface area contributed by atoms with Crippen LogP contribution in [0, 0.1) is 6.92 Å². The van der Waals surface area contributed by atoms with Gasteiger partial charge in [-0.2, -0.15) is 0 Å². The van der Waals surface area contributed by atoms with Crippen LogP contribution in [0.5, 0.6) is 0 Å². The van der Waals surface area contributed by atoms with Crippen molar-refractivity contribution < 1.29 is 9.90 Å². The van der Waals surface area contributed by atoms with Gasteiger partial charge in [-0.05, 0) is 30.9 Å². The first kappa shape index (κ1) is 20.9. The van der Waals surface area contributed by atoms with Crippen molar-refractivity contribution in [2.75, 3.05) is 0 Å². The Morgan fingerprint density at radius 3 is 2.00 bits per heavy atom. The van der Waals surface area contributed by atoms with Crippen LogP contribution in [0.2, 0.25) is 0 Å². The minimum Gasteiger partial charge on any atom is -0.481 e. The van der Waals surface area contributed by atoms with Gasteiger partial charge < -0.3 is 9.67 Å². The fourth-order valence-corrected chi connectivity index (χ4v) is 4.16. The van der Waals surface area contributed by atoms with Gasteiger partial charge in [0.25, 0.3) is 0 Å². The molecule has 152 valence electrons. The van der Waals surface area contributed by atoms with E-state index < -0.39 is 5.97 Å². The largest absolute Gasteiger partial charge is 0.481 e. The molecule has 1 N–H and O–H groups in total. The average Bonchev–Trinajstić information content (AvgIpc) is 3.02. The smallest absolute Gasteiger partial charge is 0.303 e. The number of aromatic nitrogens is 1. The van der Waals surface area contributed by atoms with Crippen molar-refractivity contribution in [3.05, 3.63) is 72.1 Å². The minimum absolute atomic E-state index is 0.145. The molecule has 3 aromatic rings. The van der Waals surface area contributed by atoms with Gasteiger partial charge in [-0.3, -0.25) is 4.79 Å². The third-order valence-electron chi connectivity index (χ3n) is 5.57. The minimum atomic E-state index is -0.748. The normalized spacial score (nSPS) is 11.0. The summed E-state index contributed by atoms with van der Waals surface area (Å²) in [6, 6.07) is 20.9. The lowest BCUT2D eigenvalue weighted by Crippen LogP contribution is -2.08. The number of benzene rings is 2. The molecule has 0 saturated heterocycles. The van der Waals surface area contributed by atoms with E-state index in [2.05, 4.69) is 66.9 Å². The second kappa shape index (κ2) is 10.1. The molecule has 0 aliphatic carbocycles. The van der Waals surface area contributed by atoms with E-state index in [1.807, 2.05) is 12.1 Å². The SMILES string of the molecule is CCCCCCn1c(C)c(-c2ccccc2)c(-c2ccccc2)c1CCC(=O)O. The molecule has 3 heteroatoms. The van der Waals surface area contributed by atoms with Crippen LogP contribution in [0.15, 0.2) is 60.7 Å². The highest BCUT2D eigenvalue weighted by Gasteiger charge is 2.22. The summed E-state index contributed by atoms with van der Waals surface area (Å²) < 4.78 is 2.38. The highest BCUT2D eigenvalue weighted by molar-refractivity contribution is 5.88. The second-order valence-electron chi connectivity index (χ2n) is 7.62. The van der Waals surface area contributed by atoms with E-state index >= 15 is 0 Å². The highest BCUT2D eigenvalue weighted by Crippen LogP contribution is 2.40. The number of carbonyl (C=O) groups is 1. The van der Waals surface area contributed by atoms with Crippen LogP contribution in [-0.4, -0.2) is 15.6 Å². The first-order valence-corrected chi connectivity index (χ1v) is 10.7. The van der Waals surface area contributed by atoms with Gasteiger partial charge in [-0.1, -0.05) is 86.8 Å². The molecule has 1 heterocycles. The topological polar surface area (TPSA) is 42.2 Å². The molecular formula is C26H31NO2. The summed E-state index contributed by atoms with van der Waals surface area (Å²) in [6.45, 7) is 5.34. The third-order valence-corrected chi connectivity index (χ3v) is 5.57. The van der Waals surface area contributed by atoms with Crippen molar-refractivity contribution >= 4 is 5.97 Å². The molecule has 3 nitrogen and oxygen atoms in total. The maximum absolute atomic E-state index is 11.4. The standard InChI is InChI=1S/C26H31NO2/c1-3-4-5-12-19-27-20(2)25(21-13-8-6-9-14-21)26(22-15-10-7-11-16-22)23(27)17-18-24(28)29/h6-11,13-16H,3-5,12,17-19H2,1-2H3,(H,28,29). The monoisotopic (exact) mass is 389 g/mol.